The predicted octanol–water partition coefficient (Wildman–Crippen LogP) is 5.47. The lowest BCUT2D eigenvalue weighted by Gasteiger charge is -2.51. The predicted molar refractivity (Wildman–Crippen MR) is 171 cm³/mol. The van der Waals surface area contributed by atoms with Crippen molar-refractivity contribution in [1.82, 2.24) is 20.4 Å². The van der Waals surface area contributed by atoms with Gasteiger partial charge in [0.2, 0.25) is 17.7 Å². The number of likely N-dealkylation sites (tertiary alicyclic amines) is 1. The second-order valence-corrected chi connectivity index (χ2v) is 15.6. The zero-order valence-corrected chi connectivity index (χ0v) is 27.7. The monoisotopic (exact) mass is 610 g/mol. The van der Waals surface area contributed by atoms with Gasteiger partial charge in [-0.2, -0.15) is 0 Å². The van der Waals surface area contributed by atoms with Crippen molar-refractivity contribution in [1.29, 1.82) is 0 Å². The summed E-state index contributed by atoms with van der Waals surface area (Å²) in [5, 5.41) is 6.48. The Balaban J connectivity index is 1.33. The average Bonchev–Trinajstić information content (AvgIpc) is 3.01. The number of fused-ring (bicyclic) bond motifs is 3. The molecule has 4 atom stereocenters. The zero-order chi connectivity index (χ0) is 31.6. The van der Waals surface area contributed by atoms with Crippen molar-refractivity contribution in [2.45, 2.75) is 129 Å². The third-order valence-electron chi connectivity index (χ3n) is 11.1. The second kappa shape index (κ2) is 13.5. The summed E-state index contributed by atoms with van der Waals surface area (Å²) in [6, 6.07) is 6.07. The van der Waals surface area contributed by atoms with E-state index in [1.54, 1.807) is 12.1 Å². The zero-order valence-electron chi connectivity index (χ0n) is 27.7. The number of carbonyl (C=O) groups is 3. The Morgan fingerprint density at radius 2 is 1.64 bits per heavy atom. The van der Waals surface area contributed by atoms with E-state index >= 15 is 0 Å². The van der Waals surface area contributed by atoms with E-state index in [0.717, 1.165) is 57.1 Å². The third kappa shape index (κ3) is 7.32. The van der Waals surface area contributed by atoms with E-state index in [9.17, 15) is 18.8 Å². The molecular weight excluding hydrogens is 555 g/mol. The van der Waals surface area contributed by atoms with E-state index in [0.29, 0.717) is 50.2 Å². The number of amides is 3. The van der Waals surface area contributed by atoms with E-state index in [1.807, 2.05) is 25.7 Å². The van der Waals surface area contributed by atoms with Crippen LogP contribution >= 0.6 is 0 Å². The van der Waals surface area contributed by atoms with Crippen LogP contribution in [0.15, 0.2) is 24.3 Å². The van der Waals surface area contributed by atoms with Gasteiger partial charge < -0.3 is 15.5 Å². The fourth-order valence-electron chi connectivity index (χ4n) is 8.74. The summed E-state index contributed by atoms with van der Waals surface area (Å²) in [5.41, 5.74) is 0.0269. The lowest BCUT2D eigenvalue weighted by atomic mass is 9.63. The molecule has 0 aromatic heterocycles. The Labute approximate surface area is 264 Å². The van der Waals surface area contributed by atoms with E-state index < -0.39 is 11.5 Å². The number of carbonyl (C=O) groups excluding carboxylic acids is 3. The largest absolute Gasteiger partial charge is 0.351 e. The van der Waals surface area contributed by atoms with Gasteiger partial charge in [0, 0.05) is 43.7 Å². The van der Waals surface area contributed by atoms with Crippen molar-refractivity contribution in [3.63, 3.8) is 0 Å². The number of piperidine rings is 3. The molecular formula is C36H55FN4O3. The van der Waals surface area contributed by atoms with Crippen molar-refractivity contribution >= 4 is 17.7 Å². The van der Waals surface area contributed by atoms with Crippen LogP contribution in [-0.4, -0.2) is 70.8 Å². The highest BCUT2D eigenvalue weighted by molar-refractivity contribution is 5.90. The van der Waals surface area contributed by atoms with Gasteiger partial charge in [-0.1, -0.05) is 31.4 Å². The van der Waals surface area contributed by atoms with Gasteiger partial charge in [0.05, 0.1) is 11.3 Å². The first-order valence-electron chi connectivity index (χ1n) is 17.3. The minimum Gasteiger partial charge on any atom is -0.351 e. The lowest BCUT2D eigenvalue weighted by Crippen LogP contribution is -2.61. The molecule has 3 aliphatic heterocycles. The maximum absolute atomic E-state index is 14.2. The summed E-state index contributed by atoms with van der Waals surface area (Å²) in [7, 11) is 0. The maximum Gasteiger partial charge on any atom is 0.245 e. The number of rotatable bonds is 8. The Morgan fingerprint density at radius 1 is 0.977 bits per heavy atom. The molecule has 2 bridgehead atoms. The molecule has 0 unspecified atom stereocenters. The van der Waals surface area contributed by atoms with E-state index in [1.165, 1.54) is 18.6 Å². The molecule has 8 heteroatoms. The number of benzene rings is 1. The molecule has 1 aromatic rings. The van der Waals surface area contributed by atoms with Gasteiger partial charge in [-0.05, 0) is 109 Å². The van der Waals surface area contributed by atoms with Crippen LogP contribution in [0, 0.1) is 29.0 Å². The van der Waals surface area contributed by atoms with Gasteiger partial charge in [-0.25, -0.2) is 4.39 Å². The first-order chi connectivity index (χ1) is 20.9. The minimum atomic E-state index is -0.730. The molecule has 1 aromatic carbocycles. The number of nitrogens with zero attached hydrogens (tertiary/aromatic N) is 2. The average molecular weight is 611 g/mol. The fourth-order valence-corrected chi connectivity index (χ4v) is 8.74. The van der Waals surface area contributed by atoms with Gasteiger partial charge >= 0.3 is 0 Å². The molecule has 7 nitrogen and oxygen atoms in total. The van der Waals surface area contributed by atoms with E-state index in [4.69, 9.17) is 0 Å². The summed E-state index contributed by atoms with van der Waals surface area (Å²) in [5.74, 6) is 0.379. The summed E-state index contributed by atoms with van der Waals surface area (Å²) in [4.78, 5) is 46.3. The lowest BCUT2D eigenvalue weighted by molar-refractivity contribution is -0.148. The second-order valence-electron chi connectivity index (χ2n) is 15.6. The quantitative estimate of drug-likeness (QED) is 0.409. The summed E-state index contributed by atoms with van der Waals surface area (Å²) in [6.07, 6.45) is 10.3. The number of hydrogen-bond acceptors (Lipinski definition) is 4. The Hall–Kier alpha value is -2.48. The molecule has 0 spiro atoms. The third-order valence-corrected chi connectivity index (χ3v) is 11.1. The molecule has 44 heavy (non-hydrogen) atoms. The summed E-state index contributed by atoms with van der Waals surface area (Å²) < 4.78 is 13.7. The van der Waals surface area contributed by atoms with Crippen LogP contribution in [0.5, 0.6) is 0 Å². The van der Waals surface area contributed by atoms with Crippen molar-refractivity contribution in [3.05, 3.63) is 35.6 Å². The highest BCUT2D eigenvalue weighted by atomic mass is 19.1. The molecule has 0 radical (unpaired) electrons. The minimum absolute atomic E-state index is 0.0383. The van der Waals surface area contributed by atoms with E-state index in [2.05, 4.69) is 29.4 Å². The topological polar surface area (TPSA) is 81.8 Å². The van der Waals surface area contributed by atoms with E-state index in [-0.39, 0.29) is 41.0 Å². The summed E-state index contributed by atoms with van der Waals surface area (Å²) >= 11 is 0. The van der Waals surface area contributed by atoms with Crippen LogP contribution in [0.3, 0.4) is 0 Å². The van der Waals surface area contributed by atoms with Crippen LogP contribution in [0.25, 0.3) is 0 Å². The van der Waals surface area contributed by atoms with Gasteiger partial charge in [-0.3, -0.25) is 19.3 Å². The van der Waals surface area contributed by atoms with Gasteiger partial charge in [0.25, 0.3) is 0 Å². The molecule has 3 saturated heterocycles. The van der Waals surface area contributed by atoms with Crippen LogP contribution in [0.1, 0.15) is 104 Å². The Morgan fingerprint density at radius 3 is 2.23 bits per heavy atom. The van der Waals surface area contributed by atoms with Crippen molar-refractivity contribution < 1.29 is 18.8 Å². The molecule has 2 N–H and O–H groups in total. The normalized spacial score (nSPS) is 26.8. The standard InChI is InChI=1S/C36H55FN4O3/c1-24(2)41-23-26-13-16-31(41)29(21-26)32(42)38-30(22-25-11-14-28(37)15-12-25)33(43)40-19-17-36(18-20-40,27-9-7-6-8-10-27)34(44)39-35(3,4)5/h11-12,14-15,24,26-27,29-31H,6-10,13,16-23H2,1-5H3,(H,38,42)(H,39,44)/t26-,29+,30+,31+/m0/s1. The fraction of sp³-hybridized carbons (Fsp3) is 0.750. The van der Waals surface area contributed by atoms with Crippen LogP contribution in [-0.2, 0) is 20.8 Å². The van der Waals surface area contributed by atoms with Crippen molar-refractivity contribution in [2.75, 3.05) is 19.6 Å². The first kappa shape index (κ1) is 32.9. The molecule has 5 aliphatic rings. The molecule has 244 valence electrons. The van der Waals surface area contributed by atoms with Crippen molar-refractivity contribution in [2.24, 2.45) is 23.2 Å². The molecule has 3 amide bonds. The van der Waals surface area contributed by atoms with Gasteiger partial charge in [0.15, 0.2) is 0 Å². The van der Waals surface area contributed by atoms with Gasteiger partial charge in [-0.15, -0.1) is 0 Å². The number of hydrogen-bond donors (Lipinski definition) is 2. The Bertz CT molecular complexity index is 1160. The maximum atomic E-state index is 14.2. The SMILES string of the molecule is CC(C)N1C[C@H]2CC[C@@H]1[C@H](C(=O)N[C@H](Cc1ccc(F)cc1)C(=O)N1CCC(C(=O)NC(C)(C)C)(C3CCCCC3)CC1)C2. The van der Waals surface area contributed by atoms with Crippen LogP contribution in [0.4, 0.5) is 4.39 Å². The Kier molecular flexibility index (Phi) is 10.1. The molecule has 2 saturated carbocycles. The van der Waals surface area contributed by atoms with Crippen LogP contribution < -0.4 is 10.6 Å². The highest BCUT2D eigenvalue weighted by Crippen LogP contribution is 2.46. The molecule has 2 aliphatic carbocycles. The number of nitrogens with one attached hydrogen (secondary N) is 2. The van der Waals surface area contributed by atoms with Gasteiger partial charge in [0.1, 0.15) is 11.9 Å². The summed E-state index contributed by atoms with van der Waals surface area (Å²) in [6.45, 7) is 12.5. The molecule has 6 rings (SSSR count). The highest BCUT2D eigenvalue weighted by Gasteiger charge is 2.50. The van der Waals surface area contributed by atoms with Crippen molar-refractivity contribution in [3.8, 4) is 0 Å². The van der Waals surface area contributed by atoms with Crippen LogP contribution in [0.2, 0.25) is 0 Å². The molecule has 3 heterocycles. The number of halogens is 1. The molecule has 5 fully saturated rings. The smallest absolute Gasteiger partial charge is 0.245 e. The first-order valence-corrected chi connectivity index (χ1v) is 17.3.